The van der Waals surface area contributed by atoms with Gasteiger partial charge in [-0.25, -0.2) is 14.4 Å². The van der Waals surface area contributed by atoms with Gasteiger partial charge in [-0.1, -0.05) is 97.3 Å². The Labute approximate surface area is 434 Å². The third-order valence-corrected chi connectivity index (χ3v) is 11.1. The number of esters is 2. The van der Waals surface area contributed by atoms with Crippen molar-refractivity contribution in [3.05, 3.63) is 165 Å². The first-order chi connectivity index (χ1) is 30.6. The van der Waals surface area contributed by atoms with E-state index in [1.807, 2.05) is 56.3 Å². The number of aryl methyl sites for hydroxylation is 3. The number of methoxy groups -OCH3 is 2. The molecule has 1 aliphatic rings. The van der Waals surface area contributed by atoms with Crippen molar-refractivity contribution in [3.63, 3.8) is 0 Å². The molecule has 359 valence electrons. The summed E-state index contributed by atoms with van der Waals surface area (Å²) in [5, 5.41) is 26.0. The van der Waals surface area contributed by atoms with Gasteiger partial charge in [-0.2, -0.15) is 8.42 Å². The molecule has 1 radical (unpaired) electrons. The number of rotatable bonds is 5. The monoisotopic (exact) mass is 1270 g/mol. The number of hydrogen-bond acceptors (Lipinski definition) is 13. The Hall–Kier alpha value is -3.62. The van der Waals surface area contributed by atoms with Gasteiger partial charge in [0.25, 0.3) is 16.0 Å². The molecule has 5 aromatic carbocycles. The number of fused-ring (bicyclic) bond motifs is 1. The Morgan fingerprint density at radius 3 is 1.52 bits per heavy atom. The number of aromatic carboxylic acids is 1. The summed E-state index contributed by atoms with van der Waals surface area (Å²) in [4.78, 5) is 43.9. The van der Waals surface area contributed by atoms with Gasteiger partial charge in [-0.15, -0.1) is 0 Å². The minimum absolute atomic E-state index is 0. The van der Waals surface area contributed by atoms with Gasteiger partial charge in [0.15, 0.2) is 0 Å². The summed E-state index contributed by atoms with van der Waals surface area (Å²) in [6.45, 7) is 6.15. The number of nitrogens with one attached hydrogen (secondary N) is 1. The van der Waals surface area contributed by atoms with E-state index in [4.69, 9.17) is 19.9 Å². The number of thiol groups is 1. The number of halogens is 5. The van der Waals surface area contributed by atoms with Gasteiger partial charge in [0.2, 0.25) is 0 Å². The van der Waals surface area contributed by atoms with Crippen LogP contribution in [0.3, 0.4) is 0 Å². The van der Waals surface area contributed by atoms with E-state index >= 15 is 0 Å². The quantitative estimate of drug-likeness (QED) is 0.0284. The van der Waals surface area contributed by atoms with Crippen molar-refractivity contribution in [3.8, 4) is 0 Å². The number of benzene rings is 5. The average molecular weight is 1280 g/mol. The number of aliphatic hydroxyl groups is 2. The number of hydrogen-bond donors (Lipinski definition) is 7. The van der Waals surface area contributed by atoms with Crippen LogP contribution < -0.4 is 11.5 Å². The number of nitrogens with zero attached hydrogens (tertiary/aromatic N) is 1. The van der Waals surface area contributed by atoms with E-state index in [2.05, 4.69) is 119 Å². The van der Waals surface area contributed by atoms with E-state index < -0.39 is 16.1 Å². The maximum atomic E-state index is 11.2. The van der Waals surface area contributed by atoms with Crippen LogP contribution in [0, 0.1) is 20.8 Å². The summed E-state index contributed by atoms with van der Waals surface area (Å²) >= 11 is 19.8. The molecule has 23 heteroatoms. The molecule has 0 aromatic heterocycles. The Morgan fingerprint density at radius 1 is 0.712 bits per heavy atom. The van der Waals surface area contributed by atoms with E-state index in [9.17, 15) is 27.6 Å². The van der Waals surface area contributed by atoms with Crippen molar-refractivity contribution >= 4 is 134 Å². The molecule has 1 amide bonds. The summed E-state index contributed by atoms with van der Waals surface area (Å²) in [5.74, 6) is -1.44. The van der Waals surface area contributed by atoms with Crippen LogP contribution in [-0.4, -0.2) is 88.2 Å². The van der Waals surface area contributed by atoms with E-state index in [0.717, 1.165) is 65.5 Å². The number of amides is 1. The maximum absolute atomic E-state index is 11.2. The van der Waals surface area contributed by atoms with Crippen LogP contribution in [0.4, 0.5) is 0 Å². The van der Waals surface area contributed by atoms with E-state index in [-0.39, 0.29) is 28.9 Å². The molecule has 8 N–H and O–H groups in total. The van der Waals surface area contributed by atoms with Crippen LogP contribution in [-0.2, 0) is 31.5 Å². The molecule has 6 rings (SSSR count). The minimum atomic E-state index is -4.02. The van der Waals surface area contributed by atoms with Gasteiger partial charge in [-0.3, -0.25) is 9.35 Å². The third kappa shape index (κ3) is 25.5. The molecule has 0 bridgehead atoms. The third-order valence-electron chi connectivity index (χ3n) is 7.70. The molecule has 15 nitrogen and oxygen atoms in total. The van der Waals surface area contributed by atoms with Gasteiger partial charge in [0.05, 0.1) is 35.8 Å². The number of alkyl halides is 1. The Balaban J connectivity index is -0.000000724. The Morgan fingerprint density at radius 2 is 1.11 bits per heavy atom. The number of carbonyl (C=O) groups excluding carboxylic acids is 3. The van der Waals surface area contributed by atoms with Gasteiger partial charge >= 0.3 is 42.7 Å². The molecule has 1 aliphatic heterocycles. The van der Waals surface area contributed by atoms with Crippen molar-refractivity contribution < 1.29 is 56.9 Å². The van der Waals surface area contributed by atoms with Crippen LogP contribution in [0.1, 0.15) is 69.2 Å². The number of aliphatic hydroxyl groups excluding tert-OH is 2. The summed E-state index contributed by atoms with van der Waals surface area (Å²) < 4.78 is 45.3. The van der Waals surface area contributed by atoms with Gasteiger partial charge in [-0.05, 0) is 128 Å². The van der Waals surface area contributed by atoms with Crippen LogP contribution in [0.2, 0.25) is 0 Å². The zero-order valence-electron chi connectivity index (χ0n) is 36.7. The predicted octanol–water partition coefficient (Wildman–Crippen LogP) is 10.6. The summed E-state index contributed by atoms with van der Waals surface area (Å²) in [6, 6.07) is 27.6. The summed E-state index contributed by atoms with van der Waals surface area (Å²) in [5.41, 5.74) is 7.00. The first-order valence-electron chi connectivity index (χ1n) is 17.9. The molecule has 0 saturated carbocycles. The summed E-state index contributed by atoms with van der Waals surface area (Å²) in [6.07, 6.45) is 0. The van der Waals surface area contributed by atoms with E-state index in [0.29, 0.717) is 28.6 Å². The fourth-order valence-electron chi connectivity index (χ4n) is 4.73. The first-order valence-corrected chi connectivity index (χ1v) is 24.1. The van der Waals surface area contributed by atoms with Crippen molar-refractivity contribution in [1.29, 1.82) is 0 Å². The van der Waals surface area contributed by atoms with Crippen molar-refractivity contribution in [2.24, 2.45) is 4.30 Å². The topological polar surface area (TPSA) is 261 Å². The summed E-state index contributed by atoms with van der Waals surface area (Å²) in [7, 11) is 5.07. The molecule has 5 aromatic rings. The second-order valence-corrected chi connectivity index (χ2v) is 17.9. The number of carboxylic acids is 1. The SMILES string of the molecule is CO.CO.COC(=O)c1ccc(Br)cc1C.COC(=O)c1ccc(Br)cc1CBr.Cc1cc(Br)ccc1C(=O)O.Cc1ccc(S(=O)(=O)O)cc1.N.O=C1NCc2cc(Br)ccc21.[B]=NS. The van der Waals surface area contributed by atoms with Crippen LogP contribution in [0.25, 0.3) is 0 Å². The molecule has 0 unspecified atom stereocenters. The molecule has 0 atom stereocenters. The predicted molar refractivity (Wildman–Crippen MR) is 279 cm³/mol. The van der Waals surface area contributed by atoms with Gasteiger partial charge in [0.1, 0.15) is 0 Å². The number of carbonyl (C=O) groups is 4. The molecule has 1 heterocycles. The van der Waals surface area contributed by atoms with Crippen LogP contribution >= 0.6 is 92.5 Å². The van der Waals surface area contributed by atoms with E-state index in [1.165, 1.54) is 26.4 Å². The van der Waals surface area contributed by atoms with Crippen molar-refractivity contribution in [1.82, 2.24) is 11.5 Å². The molecule has 0 fully saturated rings. The van der Waals surface area contributed by atoms with Crippen molar-refractivity contribution in [2.75, 3.05) is 28.4 Å². The molecule has 0 saturated heterocycles. The van der Waals surface area contributed by atoms with Crippen molar-refractivity contribution in [2.45, 2.75) is 37.5 Å². The van der Waals surface area contributed by atoms with Crippen LogP contribution in [0.5, 0.6) is 0 Å². The second kappa shape index (κ2) is 36.4. The van der Waals surface area contributed by atoms with Gasteiger partial charge < -0.3 is 36.3 Å². The van der Waals surface area contributed by atoms with E-state index in [1.54, 1.807) is 49.4 Å². The second-order valence-electron chi connectivity index (χ2n) is 12.0. The molecular weight excluding hydrogens is 1220 g/mol. The molecular formula is C43H50BBr5N3O12S2. The molecule has 66 heavy (non-hydrogen) atoms. The standard InChI is InChI=1S/C9H8Br2O2.C9H9BrO2.C8H6BrNO.C8H7BrO2.C7H8O3S.2CH4O.BHNS.H3N/c1-13-9(12)8-3-2-7(11)4-6(8)5-10;1-6-5-7(10)3-4-8(6)9(11)12-2;9-6-1-2-7-5(3-6)4-10-8(7)11;1-5-4-6(9)2-3-7(5)8(10)11;1-6-2-4-7(5-3-6)11(8,9)10;2*1-2;1-2-3;/h2-4H,5H2,1H3;3-5H,1-2H3;1-3H,4H2,(H,10,11);2-4H,1H3,(H,10,11);2-5H,1H3,(H,8,9,10);2*2H,1H3;3H;1H3. The fraction of sp³-hybridized carbons (Fsp3) is 0.209. The Kier molecular flexibility index (Phi) is 36.8. The zero-order chi connectivity index (χ0) is 50.4. The normalized spacial score (nSPS) is 9.95. The van der Waals surface area contributed by atoms with Gasteiger partial charge in [0, 0.05) is 49.5 Å². The Bertz CT molecular complexity index is 2430. The number of ether oxygens (including phenoxy) is 2. The average Bonchev–Trinajstić information content (AvgIpc) is 3.64. The molecule has 0 aliphatic carbocycles. The molecule has 0 spiro atoms. The zero-order valence-corrected chi connectivity index (χ0v) is 46.3. The van der Waals surface area contributed by atoms with Crippen LogP contribution in [0.15, 0.2) is 124 Å². The number of carboxylic acid groups (broad SMARTS) is 1. The fourth-order valence-corrected chi connectivity index (χ4v) is 7.44. The first kappa shape index (κ1) is 66.7.